The molecule has 1 fully saturated rings. The molecule has 0 unspecified atom stereocenters. The first kappa shape index (κ1) is 20.7. The van der Waals surface area contributed by atoms with Crippen LogP contribution < -0.4 is 15.1 Å². The minimum Gasteiger partial charge on any atom is -0.356 e. The molecule has 0 radical (unpaired) electrons. The van der Waals surface area contributed by atoms with E-state index in [0.717, 1.165) is 60.8 Å². The van der Waals surface area contributed by atoms with Crippen molar-refractivity contribution in [2.75, 3.05) is 40.6 Å². The number of benzene rings is 1. The van der Waals surface area contributed by atoms with Crippen LogP contribution in [-0.2, 0) is 11.2 Å². The zero-order valence-corrected chi connectivity index (χ0v) is 18.2. The zero-order valence-electron chi connectivity index (χ0n) is 17.4. The molecule has 2 amide bonds. The van der Waals surface area contributed by atoms with Gasteiger partial charge in [0.25, 0.3) is 5.91 Å². The number of nitrogens with zero attached hydrogens (tertiary/aromatic N) is 3. The molecule has 0 aliphatic carbocycles. The highest BCUT2D eigenvalue weighted by Gasteiger charge is 2.25. The Labute approximate surface area is 182 Å². The summed E-state index contributed by atoms with van der Waals surface area (Å²) in [5, 5.41) is 3.02. The molecule has 2 aromatic rings. The van der Waals surface area contributed by atoms with Crippen LogP contribution in [0.4, 0.5) is 17.2 Å². The highest BCUT2D eigenvalue weighted by Crippen LogP contribution is 2.31. The fraction of sp³-hybridized carbons (Fsp3) is 0.435. The fourth-order valence-electron chi connectivity index (χ4n) is 4.19. The summed E-state index contributed by atoms with van der Waals surface area (Å²) in [5.41, 5.74) is 4.13. The predicted molar refractivity (Wildman–Crippen MR) is 121 cm³/mol. The van der Waals surface area contributed by atoms with Gasteiger partial charge in [0, 0.05) is 36.7 Å². The van der Waals surface area contributed by atoms with E-state index in [4.69, 9.17) is 11.6 Å². The van der Waals surface area contributed by atoms with E-state index in [1.807, 2.05) is 37.3 Å². The van der Waals surface area contributed by atoms with Crippen LogP contribution in [0.5, 0.6) is 0 Å². The van der Waals surface area contributed by atoms with Crippen molar-refractivity contribution < 1.29 is 9.59 Å². The first-order valence-corrected chi connectivity index (χ1v) is 11.0. The maximum Gasteiger partial charge on any atom is 0.259 e. The number of nitrogens with one attached hydrogen (secondary N) is 1. The van der Waals surface area contributed by atoms with Gasteiger partial charge in [-0.1, -0.05) is 6.92 Å². The molecule has 1 aromatic heterocycles. The van der Waals surface area contributed by atoms with Gasteiger partial charge >= 0.3 is 0 Å². The first-order chi connectivity index (χ1) is 14.5. The highest BCUT2D eigenvalue weighted by atomic mass is 35.5. The number of aromatic nitrogens is 1. The van der Waals surface area contributed by atoms with Crippen molar-refractivity contribution in [2.45, 2.75) is 33.1 Å². The Bertz CT molecular complexity index is 970. The Morgan fingerprint density at radius 1 is 1.17 bits per heavy atom. The van der Waals surface area contributed by atoms with Crippen molar-refractivity contribution in [3.05, 3.63) is 47.2 Å². The van der Waals surface area contributed by atoms with Crippen molar-refractivity contribution in [1.82, 2.24) is 4.98 Å². The number of rotatable bonds is 4. The lowest BCUT2D eigenvalue weighted by Gasteiger charge is -2.32. The number of halogens is 1. The number of alkyl halides is 1. The standard InChI is InChI=1S/C23H27ClN4O2/c1-15-7-10-27(11-8-15)22-19(5-3-16(2)25-22)23(30)26-18-4-6-20-17(13-18)9-12-28(20)21(29)14-24/h3-6,13,15H,7-12,14H2,1-2H3,(H,26,30). The van der Waals surface area contributed by atoms with Crippen LogP contribution in [0.1, 0.15) is 41.4 Å². The molecule has 2 aliphatic rings. The maximum atomic E-state index is 13.1. The molecule has 0 atom stereocenters. The van der Waals surface area contributed by atoms with Crippen molar-refractivity contribution in [3.63, 3.8) is 0 Å². The highest BCUT2D eigenvalue weighted by molar-refractivity contribution is 6.29. The molecule has 2 aliphatic heterocycles. The van der Waals surface area contributed by atoms with E-state index in [-0.39, 0.29) is 17.7 Å². The van der Waals surface area contributed by atoms with E-state index >= 15 is 0 Å². The minimum absolute atomic E-state index is 0.0313. The number of hydrogen-bond donors (Lipinski definition) is 1. The van der Waals surface area contributed by atoms with Crippen molar-refractivity contribution >= 4 is 40.6 Å². The van der Waals surface area contributed by atoms with Crippen LogP contribution in [-0.4, -0.2) is 42.3 Å². The van der Waals surface area contributed by atoms with Crippen LogP contribution in [0.2, 0.25) is 0 Å². The van der Waals surface area contributed by atoms with E-state index < -0.39 is 0 Å². The Morgan fingerprint density at radius 3 is 2.67 bits per heavy atom. The van der Waals surface area contributed by atoms with E-state index in [1.165, 1.54) is 0 Å². The summed E-state index contributed by atoms with van der Waals surface area (Å²) in [5.74, 6) is 1.18. The molecular weight excluding hydrogens is 400 g/mol. The molecule has 0 saturated carbocycles. The average Bonchev–Trinajstić information content (AvgIpc) is 3.17. The second-order valence-electron chi connectivity index (χ2n) is 8.22. The largest absolute Gasteiger partial charge is 0.356 e. The molecule has 7 heteroatoms. The minimum atomic E-state index is -0.164. The lowest BCUT2D eigenvalue weighted by Crippen LogP contribution is -2.35. The number of pyridine rings is 1. The SMILES string of the molecule is Cc1ccc(C(=O)Nc2ccc3c(c2)CCN3C(=O)CCl)c(N2CCC(C)CC2)n1. The Morgan fingerprint density at radius 2 is 1.93 bits per heavy atom. The number of piperidine rings is 1. The second-order valence-corrected chi connectivity index (χ2v) is 8.49. The van der Waals surface area contributed by atoms with Gasteiger partial charge in [0.2, 0.25) is 5.91 Å². The van der Waals surface area contributed by atoms with Gasteiger partial charge in [0.1, 0.15) is 11.7 Å². The van der Waals surface area contributed by atoms with E-state index in [1.54, 1.807) is 4.90 Å². The van der Waals surface area contributed by atoms with Crippen molar-refractivity contribution in [3.8, 4) is 0 Å². The number of aryl methyl sites for hydroxylation is 1. The summed E-state index contributed by atoms with van der Waals surface area (Å²) >= 11 is 5.71. The summed E-state index contributed by atoms with van der Waals surface area (Å²) in [6, 6.07) is 9.39. The van der Waals surface area contributed by atoms with Gasteiger partial charge in [-0.05, 0) is 68.0 Å². The van der Waals surface area contributed by atoms with Crippen LogP contribution >= 0.6 is 11.6 Å². The molecule has 1 saturated heterocycles. The van der Waals surface area contributed by atoms with Gasteiger partial charge in [-0.15, -0.1) is 11.6 Å². The van der Waals surface area contributed by atoms with Gasteiger partial charge in [-0.2, -0.15) is 0 Å². The van der Waals surface area contributed by atoms with Gasteiger partial charge in [0.15, 0.2) is 0 Å². The van der Waals surface area contributed by atoms with Gasteiger partial charge in [-0.3, -0.25) is 9.59 Å². The summed E-state index contributed by atoms with van der Waals surface area (Å²) in [6.07, 6.45) is 2.98. The topological polar surface area (TPSA) is 65.5 Å². The summed E-state index contributed by atoms with van der Waals surface area (Å²) in [6.45, 7) is 6.68. The number of carbonyl (C=O) groups excluding carboxylic acids is 2. The average molecular weight is 427 g/mol. The normalized spacial score (nSPS) is 16.5. The number of hydrogen-bond acceptors (Lipinski definition) is 4. The zero-order chi connectivity index (χ0) is 21.3. The molecule has 30 heavy (non-hydrogen) atoms. The summed E-state index contributed by atoms with van der Waals surface area (Å²) in [4.78, 5) is 33.7. The van der Waals surface area contributed by atoms with Crippen LogP contribution in [0.3, 0.4) is 0 Å². The molecule has 0 bridgehead atoms. The molecular formula is C23H27ClN4O2. The molecule has 158 valence electrons. The van der Waals surface area contributed by atoms with E-state index in [9.17, 15) is 9.59 Å². The second kappa shape index (κ2) is 8.64. The van der Waals surface area contributed by atoms with Crippen LogP contribution in [0.25, 0.3) is 0 Å². The Kier molecular flexibility index (Phi) is 5.95. The van der Waals surface area contributed by atoms with Crippen LogP contribution in [0.15, 0.2) is 30.3 Å². The van der Waals surface area contributed by atoms with Crippen molar-refractivity contribution in [1.29, 1.82) is 0 Å². The molecule has 1 N–H and O–H groups in total. The predicted octanol–water partition coefficient (Wildman–Crippen LogP) is 4.01. The Hall–Kier alpha value is -2.60. The van der Waals surface area contributed by atoms with Gasteiger partial charge < -0.3 is 15.1 Å². The lowest BCUT2D eigenvalue weighted by atomic mass is 9.99. The summed E-state index contributed by atoms with van der Waals surface area (Å²) in [7, 11) is 0. The number of carbonyl (C=O) groups is 2. The monoisotopic (exact) mass is 426 g/mol. The van der Waals surface area contributed by atoms with E-state index in [0.29, 0.717) is 18.0 Å². The molecule has 3 heterocycles. The lowest BCUT2D eigenvalue weighted by molar-refractivity contribution is -0.116. The van der Waals surface area contributed by atoms with Gasteiger partial charge in [0.05, 0.1) is 5.56 Å². The first-order valence-electron chi connectivity index (χ1n) is 10.5. The summed E-state index contributed by atoms with van der Waals surface area (Å²) < 4.78 is 0. The van der Waals surface area contributed by atoms with Crippen LogP contribution in [0, 0.1) is 12.8 Å². The Balaban J connectivity index is 1.54. The number of fused-ring (bicyclic) bond motifs is 1. The smallest absolute Gasteiger partial charge is 0.259 e. The maximum absolute atomic E-state index is 13.1. The van der Waals surface area contributed by atoms with E-state index in [2.05, 4.69) is 22.1 Å². The quantitative estimate of drug-likeness (QED) is 0.750. The number of amides is 2. The molecule has 6 nitrogen and oxygen atoms in total. The van der Waals surface area contributed by atoms with Gasteiger partial charge in [-0.25, -0.2) is 4.98 Å². The molecule has 0 spiro atoms. The third kappa shape index (κ3) is 4.15. The fourth-order valence-corrected chi connectivity index (χ4v) is 4.34. The van der Waals surface area contributed by atoms with Crippen molar-refractivity contribution in [2.24, 2.45) is 5.92 Å². The third-order valence-corrected chi connectivity index (χ3v) is 6.22. The molecule has 1 aromatic carbocycles. The third-order valence-electron chi connectivity index (χ3n) is 5.99. The molecule has 4 rings (SSSR count). The number of anilines is 3.